The van der Waals surface area contributed by atoms with Crippen molar-refractivity contribution in [2.75, 3.05) is 6.61 Å². The molecule has 0 saturated heterocycles. The molecule has 0 bridgehead atoms. The molecule has 0 spiro atoms. The standard InChI is InChI=1S/C21H18F2N2O4S/c1-2-29-15-6-3-12(4-7-15)20-24-14(11-30-20)10-18(26)25-19(21(27)28)16-8-5-13(22)9-17(16)23/h3-9,11,19H,2,10H2,1H3,(H,25,26)(H,27,28). The fourth-order valence-electron chi connectivity index (χ4n) is 2.77. The number of nitrogens with one attached hydrogen (secondary N) is 1. The van der Waals surface area contributed by atoms with Crippen LogP contribution in [0, 0.1) is 11.6 Å². The van der Waals surface area contributed by atoms with E-state index < -0.39 is 29.6 Å². The Morgan fingerprint density at radius 2 is 1.93 bits per heavy atom. The molecule has 1 heterocycles. The van der Waals surface area contributed by atoms with E-state index in [1.54, 1.807) is 5.38 Å². The smallest absolute Gasteiger partial charge is 0.331 e. The molecule has 0 fully saturated rings. The highest BCUT2D eigenvalue weighted by atomic mass is 32.1. The molecule has 1 amide bonds. The van der Waals surface area contributed by atoms with E-state index in [-0.39, 0.29) is 12.0 Å². The second-order valence-corrected chi connectivity index (χ2v) is 7.14. The van der Waals surface area contributed by atoms with Gasteiger partial charge < -0.3 is 15.2 Å². The number of thiazole rings is 1. The topological polar surface area (TPSA) is 88.5 Å². The molecule has 0 aliphatic carbocycles. The third kappa shape index (κ3) is 5.18. The molecule has 2 aromatic carbocycles. The van der Waals surface area contributed by atoms with E-state index in [1.165, 1.54) is 11.3 Å². The van der Waals surface area contributed by atoms with Crippen LogP contribution in [0.2, 0.25) is 0 Å². The van der Waals surface area contributed by atoms with Gasteiger partial charge in [0, 0.05) is 22.6 Å². The minimum absolute atomic E-state index is 0.180. The van der Waals surface area contributed by atoms with Crippen LogP contribution < -0.4 is 10.1 Å². The minimum Gasteiger partial charge on any atom is -0.494 e. The van der Waals surface area contributed by atoms with E-state index in [2.05, 4.69) is 10.3 Å². The maximum absolute atomic E-state index is 13.9. The van der Waals surface area contributed by atoms with E-state index in [0.29, 0.717) is 23.4 Å². The van der Waals surface area contributed by atoms with Crippen LogP contribution in [-0.4, -0.2) is 28.6 Å². The number of carbonyl (C=O) groups is 2. The van der Waals surface area contributed by atoms with Gasteiger partial charge in [-0.05, 0) is 37.3 Å². The third-order valence-corrected chi connectivity index (χ3v) is 5.07. The number of benzene rings is 2. The van der Waals surface area contributed by atoms with Crippen molar-refractivity contribution in [3.05, 3.63) is 70.7 Å². The van der Waals surface area contributed by atoms with E-state index in [1.807, 2.05) is 31.2 Å². The summed E-state index contributed by atoms with van der Waals surface area (Å²) in [5.74, 6) is -3.24. The fraction of sp³-hybridized carbons (Fsp3) is 0.190. The summed E-state index contributed by atoms with van der Waals surface area (Å²) in [6.45, 7) is 2.46. The summed E-state index contributed by atoms with van der Waals surface area (Å²) in [6.07, 6.45) is -0.180. The number of nitrogens with zero attached hydrogens (tertiary/aromatic N) is 1. The van der Waals surface area contributed by atoms with Crippen molar-refractivity contribution in [3.63, 3.8) is 0 Å². The Bertz CT molecular complexity index is 1050. The van der Waals surface area contributed by atoms with Gasteiger partial charge >= 0.3 is 5.97 Å². The maximum Gasteiger partial charge on any atom is 0.331 e. The van der Waals surface area contributed by atoms with Crippen molar-refractivity contribution in [2.45, 2.75) is 19.4 Å². The van der Waals surface area contributed by atoms with Crippen molar-refractivity contribution in [3.8, 4) is 16.3 Å². The molecule has 156 valence electrons. The molecule has 1 unspecified atom stereocenters. The Morgan fingerprint density at radius 3 is 2.57 bits per heavy atom. The summed E-state index contributed by atoms with van der Waals surface area (Å²) in [4.78, 5) is 28.2. The predicted molar refractivity (Wildman–Crippen MR) is 107 cm³/mol. The maximum atomic E-state index is 13.9. The third-order valence-electron chi connectivity index (χ3n) is 4.13. The van der Waals surface area contributed by atoms with Crippen LogP contribution in [0.25, 0.3) is 10.6 Å². The molecule has 0 saturated carbocycles. The average Bonchev–Trinajstić information content (AvgIpc) is 3.15. The minimum atomic E-state index is -1.64. The number of amides is 1. The van der Waals surface area contributed by atoms with Gasteiger partial charge in [-0.25, -0.2) is 18.6 Å². The average molecular weight is 432 g/mol. The Hall–Kier alpha value is -3.33. The zero-order valence-electron chi connectivity index (χ0n) is 15.9. The van der Waals surface area contributed by atoms with Gasteiger partial charge in [0.05, 0.1) is 18.7 Å². The van der Waals surface area contributed by atoms with Crippen molar-refractivity contribution in [1.29, 1.82) is 0 Å². The highest BCUT2D eigenvalue weighted by Gasteiger charge is 2.25. The molecule has 1 aromatic heterocycles. The lowest BCUT2D eigenvalue weighted by Gasteiger charge is -2.15. The number of carbonyl (C=O) groups excluding carboxylic acids is 1. The van der Waals surface area contributed by atoms with Crippen LogP contribution in [0.1, 0.15) is 24.2 Å². The molecular formula is C21H18F2N2O4S. The fourth-order valence-corrected chi connectivity index (χ4v) is 3.59. The van der Waals surface area contributed by atoms with Gasteiger partial charge in [-0.2, -0.15) is 0 Å². The SMILES string of the molecule is CCOc1ccc(-c2nc(CC(=O)NC(C(=O)O)c3ccc(F)cc3F)cs2)cc1. The summed E-state index contributed by atoms with van der Waals surface area (Å²) >= 11 is 1.34. The Kier molecular flexibility index (Phi) is 6.73. The lowest BCUT2D eigenvalue weighted by molar-refractivity contribution is -0.142. The first kappa shape index (κ1) is 21.4. The zero-order chi connectivity index (χ0) is 21.7. The van der Waals surface area contributed by atoms with E-state index in [4.69, 9.17) is 4.74 Å². The lowest BCUT2D eigenvalue weighted by atomic mass is 10.1. The number of aliphatic carboxylic acids is 1. The molecule has 6 nitrogen and oxygen atoms in total. The molecule has 9 heteroatoms. The van der Waals surface area contributed by atoms with Gasteiger partial charge in [0.25, 0.3) is 0 Å². The van der Waals surface area contributed by atoms with E-state index in [0.717, 1.165) is 23.4 Å². The normalized spacial score (nSPS) is 11.7. The molecular weight excluding hydrogens is 414 g/mol. The Morgan fingerprint density at radius 1 is 1.20 bits per heavy atom. The van der Waals surface area contributed by atoms with Crippen LogP contribution >= 0.6 is 11.3 Å². The van der Waals surface area contributed by atoms with E-state index >= 15 is 0 Å². The number of carboxylic acids is 1. The molecule has 3 rings (SSSR count). The lowest BCUT2D eigenvalue weighted by Crippen LogP contribution is -2.35. The molecule has 30 heavy (non-hydrogen) atoms. The highest BCUT2D eigenvalue weighted by molar-refractivity contribution is 7.13. The van der Waals surface area contributed by atoms with Crippen LogP contribution in [0.15, 0.2) is 47.8 Å². The number of halogens is 2. The van der Waals surface area contributed by atoms with Crippen molar-refractivity contribution in [1.82, 2.24) is 10.3 Å². The monoisotopic (exact) mass is 432 g/mol. The number of hydrogen-bond acceptors (Lipinski definition) is 5. The van der Waals surface area contributed by atoms with Crippen LogP contribution in [0.5, 0.6) is 5.75 Å². The summed E-state index contributed by atoms with van der Waals surface area (Å²) in [5.41, 5.74) is 0.975. The van der Waals surface area contributed by atoms with Crippen molar-refractivity contribution in [2.24, 2.45) is 0 Å². The van der Waals surface area contributed by atoms with Gasteiger partial charge in [-0.15, -0.1) is 11.3 Å². The number of ether oxygens (including phenoxy) is 1. The van der Waals surface area contributed by atoms with E-state index in [9.17, 15) is 23.5 Å². The summed E-state index contributed by atoms with van der Waals surface area (Å²) in [5, 5.41) is 14.0. The van der Waals surface area contributed by atoms with Crippen molar-refractivity contribution < 1.29 is 28.2 Å². The number of hydrogen-bond donors (Lipinski definition) is 2. The quantitative estimate of drug-likeness (QED) is 0.562. The largest absolute Gasteiger partial charge is 0.494 e. The highest BCUT2D eigenvalue weighted by Crippen LogP contribution is 2.26. The number of aromatic nitrogens is 1. The zero-order valence-corrected chi connectivity index (χ0v) is 16.7. The second-order valence-electron chi connectivity index (χ2n) is 6.28. The number of rotatable bonds is 8. The summed E-state index contributed by atoms with van der Waals surface area (Å²) in [7, 11) is 0. The molecule has 0 radical (unpaired) electrons. The first-order chi connectivity index (χ1) is 14.4. The predicted octanol–water partition coefficient (Wildman–Crippen LogP) is 3.97. The van der Waals surface area contributed by atoms with Crippen molar-refractivity contribution >= 4 is 23.2 Å². The van der Waals surface area contributed by atoms with Gasteiger partial charge in [-0.1, -0.05) is 6.07 Å². The van der Waals surface area contributed by atoms with Gasteiger partial charge in [0.2, 0.25) is 5.91 Å². The molecule has 3 aromatic rings. The summed E-state index contributed by atoms with van der Waals surface area (Å²) in [6, 6.07) is 8.21. The molecule has 0 aliphatic rings. The Labute approximate surface area is 175 Å². The van der Waals surface area contributed by atoms with Crippen LogP contribution in [-0.2, 0) is 16.0 Å². The molecule has 2 N–H and O–H groups in total. The van der Waals surface area contributed by atoms with Gasteiger partial charge in [0.1, 0.15) is 22.4 Å². The second kappa shape index (κ2) is 9.45. The van der Waals surface area contributed by atoms with Crippen LogP contribution in [0.3, 0.4) is 0 Å². The van der Waals surface area contributed by atoms with Gasteiger partial charge in [0.15, 0.2) is 6.04 Å². The Balaban J connectivity index is 1.69. The first-order valence-electron chi connectivity index (χ1n) is 9.02. The van der Waals surface area contributed by atoms with Crippen LogP contribution in [0.4, 0.5) is 8.78 Å². The summed E-state index contributed by atoms with van der Waals surface area (Å²) < 4.78 is 32.4. The number of carboxylic acid groups (broad SMARTS) is 1. The van der Waals surface area contributed by atoms with Gasteiger partial charge in [-0.3, -0.25) is 4.79 Å². The first-order valence-corrected chi connectivity index (χ1v) is 9.90. The molecule has 1 atom stereocenters. The molecule has 0 aliphatic heterocycles.